The summed E-state index contributed by atoms with van der Waals surface area (Å²) in [4.78, 5) is 0. The molecule has 55 heavy (non-hydrogen) atoms. The molecule has 0 spiro atoms. The maximum Gasteiger partial charge on any atom is 0.243 e. The zero-order valence-electron chi connectivity index (χ0n) is 36.7. The first-order valence-corrected chi connectivity index (χ1v) is 24.4. The predicted molar refractivity (Wildman–Crippen MR) is 233 cm³/mol. The van der Waals surface area contributed by atoms with E-state index in [9.17, 15) is 0 Å². The van der Waals surface area contributed by atoms with Crippen LogP contribution in [-0.2, 0) is 39.3 Å². The van der Waals surface area contributed by atoms with E-state index >= 15 is 0 Å². The van der Waals surface area contributed by atoms with Gasteiger partial charge in [-0.05, 0) is 77.0 Å². The lowest BCUT2D eigenvalue weighted by atomic mass is 10.1. The third-order valence-electron chi connectivity index (χ3n) is 11.9. The summed E-state index contributed by atoms with van der Waals surface area (Å²) in [5.41, 5.74) is 0. The highest BCUT2D eigenvalue weighted by Crippen LogP contribution is 2.13. The molecule has 3 heterocycles. The number of aryl methyl sites for hydroxylation is 6. The van der Waals surface area contributed by atoms with E-state index in [1.165, 1.54) is 219 Å². The maximum atomic E-state index is 2.40. The Balaban J connectivity index is 1.07. The second-order valence-electron chi connectivity index (χ2n) is 17.3. The average molecular weight is 764 g/mol. The SMILES string of the molecule is CCCCCCCCCCCCCC[n+]1ccn(CCCCCCn2cc[n+](CCCCCCn3cc[n+](CCCCCCCCCCCCCC)c3)c2)c1. The van der Waals surface area contributed by atoms with Crippen molar-refractivity contribution < 1.29 is 13.7 Å². The Hall–Kier alpha value is -2.37. The molecule has 0 saturated carbocycles. The minimum atomic E-state index is 1.14. The molecule has 3 aromatic heterocycles. The van der Waals surface area contributed by atoms with Crippen molar-refractivity contribution in [2.75, 3.05) is 0 Å². The molecule has 0 N–H and O–H groups in total. The van der Waals surface area contributed by atoms with Crippen LogP contribution >= 0.6 is 0 Å². The molecule has 314 valence electrons. The van der Waals surface area contributed by atoms with Crippen LogP contribution < -0.4 is 13.7 Å². The van der Waals surface area contributed by atoms with Gasteiger partial charge in [-0.25, -0.2) is 27.4 Å². The van der Waals surface area contributed by atoms with Crippen LogP contribution in [-0.4, -0.2) is 13.7 Å². The number of unbranched alkanes of at least 4 members (excludes halogenated alkanes) is 28. The molecule has 0 aliphatic carbocycles. The van der Waals surface area contributed by atoms with E-state index in [-0.39, 0.29) is 0 Å². The van der Waals surface area contributed by atoms with Crippen molar-refractivity contribution in [3.05, 3.63) is 56.2 Å². The Kier molecular flexibility index (Phi) is 28.8. The van der Waals surface area contributed by atoms with E-state index in [1.54, 1.807) is 0 Å². The van der Waals surface area contributed by atoms with Gasteiger partial charge >= 0.3 is 0 Å². The number of rotatable bonds is 40. The van der Waals surface area contributed by atoms with Crippen LogP contribution in [0.5, 0.6) is 0 Å². The second kappa shape index (κ2) is 33.7. The fraction of sp³-hybridized carbons (Fsp3) is 0.816. The summed E-state index contributed by atoms with van der Waals surface area (Å²) in [5.74, 6) is 0. The molecule has 0 saturated heterocycles. The van der Waals surface area contributed by atoms with Crippen molar-refractivity contribution in [3.8, 4) is 0 Å². The first-order chi connectivity index (χ1) is 27.3. The van der Waals surface area contributed by atoms with Gasteiger partial charge in [0.05, 0.1) is 39.3 Å². The number of imidazole rings is 3. The molecular formula is C49H91N6+3. The molecule has 0 aliphatic rings. The number of aromatic nitrogens is 6. The zero-order chi connectivity index (χ0) is 38.7. The second-order valence-corrected chi connectivity index (χ2v) is 17.3. The van der Waals surface area contributed by atoms with Gasteiger partial charge in [-0.3, -0.25) is 0 Å². The van der Waals surface area contributed by atoms with Crippen molar-refractivity contribution in [2.45, 2.75) is 259 Å². The molecule has 3 aromatic rings. The minimum absolute atomic E-state index is 1.14. The molecule has 0 amide bonds. The number of hydrogen-bond donors (Lipinski definition) is 0. The van der Waals surface area contributed by atoms with E-state index in [1.807, 2.05) is 0 Å². The molecule has 0 aliphatic heterocycles. The highest BCUT2D eigenvalue weighted by molar-refractivity contribution is 4.69. The van der Waals surface area contributed by atoms with Gasteiger partial charge in [-0.15, -0.1) is 0 Å². The van der Waals surface area contributed by atoms with Gasteiger partial charge in [0.15, 0.2) is 0 Å². The predicted octanol–water partition coefficient (Wildman–Crippen LogP) is 12.9. The monoisotopic (exact) mass is 764 g/mol. The summed E-state index contributed by atoms with van der Waals surface area (Å²) in [5, 5.41) is 0. The lowest BCUT2D eigenvalue weighted by Gasteiger charge is -2.02. The highest BCUT2D eigenvalue weighted by atomic mass is 15.1. The highest BCUT2D eigenvalue weighted by Gasteiger charge is 2.07. The molecule has 0 radical (unpaired) electrons. The summed E-state index contributed by atoms with van der Waals surface area (Å²) >= 11 is 0. The molecule has 0 unspecified atom stereocenters. The number of hydrogen-bond acceptors (Lipinski definition) is 0. The largest absolute Gasteiger partial charge is 0.243 e. The standard InChI is InChI=1S/C49H91N6/c1-3-5-7-9-11-13-15-17-19-21-23-29-35-50-41-43-52(47-50)37-31-25-27-33-39-54-45-46-55(49-54)40-34-28-26-32-38-53-44-42-51(48-53)36-30-24-22-20-18-16-14-12-10-8-6-4-2/h41-49H,3-40H2,1-2H3/q+3. The fourth-order valence-corrected chi connectivity index (χ4v) is 8.27. The van der Waals surface area contributed by atoms with Crippen LogP contribution in [0.3, 0.4) is 0 Å². The van der Waals surface area contributed by atoms with Gasteiger partial charge in [0.2, 0.25) is 19.0 Å². The smallest absolute Gasteiger partial charge is 0.237 e. The van der Waals surface area contributed by atoms with Crippen LogP contribution in [0, 0.1) is 0 Å². The lowest BCUT2D eigenvalue weighted by Crippen LogP contribution is -2.31. The van der Waals surface area contributed by atoms with Gasteiger partial charge in [-0.1, -0.05) is 142 Å². The molecular weight excluding hydrogens is 673 g/mol. The van der Waals surface area contributed by atoms with Crippen LogP contribution in [0.4, 0.5) is 0 Å². The van der Waals surface area contributed by atoms with Crippen LogP contribution in [0.1, 0.15) is 219 Å². The van der Waals surface area contributed by atoms with Crippen LogP contribution in [0.2, 0.25) is 0 Å². The van der Waals surface area contributed by atoms with Gasteiger partial charge in [0.1, 0.15) is 37.2 Å². The fourth-order valence-electron chi connectivity index (χ4n) is 8.27. The Bertz CT molecular complexity index is 1150. The number of nitrogens with zero attached hydrogens (tertiary/aromatic N) is 6. The minimum Gasteiger partial charge on any atom is -0.237 e. The van der Waals surface area contributed by atoms with Crippen molar-refractivity contribution in [1.29, 1.82) is 0 Å². The van der Waals surface area contributed by atoms with E-state index in [2.05, 4.69) is 97.4 Å². The molecule has 6 heteroatoms. The van der Waals surface area contributed by atoms with E-state index in [4.69, 9.17) is 0 Å². The van der Waals surface area contributed by atoms with Crippen LogP contribution in [0.15, 0.2) is 56.2 Å². The summed E-state index contributed by atoms with van der Waals surface area (Å²) in [6, 6.07) is 0. The Morgan fingerprint density at radius 1 is 0.273 bits per heavy atom. The Morgan fingerprint density at radius 3 is 0.745 bits per heavy atom. The summed E-state index contributed by atoms with van der Waals surface area (Å²) in [6.07, 6.45) is 65.1. The third-order valence-corrected chi connectivity index (χ3v) is 11.9. The molecule has 0 aromatic carbocycles. The van der Waals surface area contributed by atoms with E-state index < -0.39 is 0 Å². The Labute approximate surface area is 341 Å². The Morgan fingerprint density at radius 2 is 0.491 bits per heavy atom. The van der Waals surface area contributed by atoms with Gasteiger partial charge < -0.3 is 0 Å². The van der Waals surface area contributed by atoms with Crippen molar-refractivity contribution >= 4 is 0 Å². The molecule has 0 fully saturated rings. The van der Waals surface area contributed by atoms with Crippen molar-refractivity contribution in [1.82, 2.24) is 13.7 Å². The summed E-state index contributed by atoms with van der Waals surface area (Å²) in [7, 11) is 0. The molecule has 0 bridgehead atoms. The molecule has 3 rings (SSSR count). The summed E-state index contributed by atoms with van der Waals surface area (Å²) < 4.78 is 14.4. The third kappa shape index (κ3) is 25.5. The maximum absolute atomic E-state index is 2.40. The lowest BCUT2D eigenvalue weighted by molar-refractivity contribution is -0.697. The van der Waals surface area contributed by atoms with Gasteiger partial charge in [0.25, 0.3) is 0 Å². The van der Waals surface area contributed by atoms with Crippen molar-refractivity contribution in [2.24, 2.45) is 0 Å². The topological polar surface area (TPSA) is 26.4 Å². The van der Waals surface area contributed by atoms with Crippen LogP contribution in [0.25, 0.3) is 0 Å². The van der Waals surface area contributed by atoms with Gasteiger partial charge in [0, 0.05) is 0 Å². The van der Waals surface area contributed by atoms with Gasteiger partial charge in [-0.2, -0.15) is 0 Å². The average Bonchev–Trinajstić information content (AvgIpc) is 3.97. The van der Waals surface area contributed by atoms with E-state index in [0.717, 1.165) is 26.2 Å². The van der Waals surface area contributed by atoms with E-state index in [0.29, 0.717) is 0 Å². The molecule has 6 nitrogen and oxygen atoms in total. The first-order valence-electron chi connectivity index (χ1n) is 24.4. The summed E-state index contributed by atoms with van der Waals surface area (Å²) in [6.45, 7) is 11.6. The normalized spacial score (nSPS) is 11.7. The first kappa shape index (κ1) is 47.0. The van der Waals surface area contributed by atoms with Crippen molar-refractivity contribution in [3.63, 3.8) is 0 Å². The molecule has 0 atom stereocenters. The zero-order valence-corrected chi connectivity index (χ0v) is 36.7. The quantitative estimate of drug-likeness (QED) is 0.0407.